The number of nitro benzene ring substituents is 1. The topological polar surface area (TPSA) is 101 Å². The quantitative estimate of drug-likeness (QED) is 0.681. The Morgan fingerprint density at radius 3 is 2.24 bits per heavy atom. The highest BCUT2D eigenvalue weighted by Gasteiger charge is 2.27. The second kappa shape index (κ2) is 6.40. The standard InChI is InChI=1S/C13H18N2O5S/c16-13-7-6-11(10-12(13)15(17)18)21(19,20)14-8-4-2-1-3-5-9-14/h6-7,10,16H,1-5,8-9H2. The lowest BCUT2D eigenvalue weighted by atomic mass is 10.1. The Bertz CT molecular complexity index is 621. The van der Waals surface area contributed by atoms with Gasteiger partial charge in [-0.2, -0.15) is 4.31 Å². The van der Waals surface area contributed by atoms with Crippen LogP contribution in [0.5, 0.6) is 5.75 Å². The van der Waals surface area contributed by atoms with E-state index in [1.54, 1.807) is 0 Å². The fourth-order valence-corrected chi connectivity index (χ4v) is 3.96. The van der Waals surface area contributed by atoms with E-state index in [-0.39, 0.29) is 4.90 Å². The fourth-order valence-electron chi connectivity index (χ4n) is 2.42. The Hall–Kier alpha value is -1.67. The number of hydrogen-bond donors (Lipinski definition) is 1. The molecule has 0 radical (unpaired) electrons. The van der Waals surface area contributed by atoms with E-state index in [2.05, 4.69) is 0 Å². The van der Waals surface area contributed by atoms with Gasteiger partial charge in [-0.25, -0.2) is 8.42 Å². The molecule has 0 aliphatic carbocycles. The molecule has 0 aromatic heterocycles. The van der Waals surface area contributed by atoms with Gasteiger partial charge in [-0.05, 0) is 25.0 Å². The summed E-state index contributed by atoms with van der Waals surface area (Å²) in [6.45, 7) is 0.855. The second-order valence-corrected chi connectivity index (χ2v) is 7.02. The molecule has 1 fully saturated rings. The van der Waals surface area contributed by atoms with Crippen LogP contribution in [0.3, 0.4) is 0 Å². The molecular weight excluding hydrogens is 296 g/mol. The third kappa shape index (κ3) is 3.51. The van der Waals surface area contributed by atoms with E-state index >= 15 is 0 Å². The summed E-state index contributed by atoms with van der Waals surface area (Å²) in [5.74, 6) is -0.536. The van der Waals surface area contributed by atoms with E-state index in [9.17, 15) is 23.6 Å². The van der Waals surface area contributed by atoms with Crippen molar-refractivity contribution >= 4 is 15.7 Å². The molecular formula is C13H18N2O5S. The number of hydrogen-bond acceptors (Lipinski definition) is 5. The van der Waals surface area contributed by atoms with Crippen LogP contribution in [0.1, 0.15) is 32.1 Å². The maximum atomic E-state index is 12.6. The third-order valence-corrected chi connectivity index (χ3v) is 5.49. The predicted octanol–water partition coefficient (Wildman–Crippen LogP) is 2.26. The van der Waals surface area contributed by atoms with Gasteiger partial charge in [-0.1, -0.05) is 19.3 Å². The SMILES string of the molecule is O=[N+]([O-])c1cc(S(=O)(=O)N2CCCCCCC2)ccc1O. The molecule has 1 aromatic rings. The molecule has 0 saturated carbocycles. The van der Waals surface area contributed by atoms with Gasteiger partial charge in [-0.3, -0.25) is 10.1 Å². The molecule has 1 aromatic carbocycles. The van der Waals surface area contributed by atoms with Crippen LogP contribution in [0, 0.1) is 10.1 Å². The first-order chi connectivity index (χ1) is 9.93. The van der Waals surface area contributed by atoms with Gasteiger partial charge >= 0.3 is 5.69 Å². The smallest absolute Gasteiger partial charge is 0.312 e. The summed E-state index contributed by atoms with van der Waals surface area (Å²) >= 11 is 0. The molecule has 7 nitrogen and oxygen atoms in total. The van der Waals surface area contributed by atoms with Crippen molar-refractivity contribution in [3.8, 4) is 5.75 Å². The molecule has 2 rings (SSSR count). The highest BCUT2D eigenvalue weighted by molar-refractivity contribution is 7.89. The molecule has 1 aliphatic rings. The Kier molecular flexibility index (Phi) is 4.79. The van der Waals surface area contributed by atoms with E-state index in [1.807, 2.05) is 0 Å². The summed E-state index contributed by atoms with van der Waals surface area (Å²) in [5, 5.41) is 20.2. The van der Waals surface area contributed by atoms with Gasteiger partial charge in [0.1, 0.15) is 0 Å². The molecule has 0 amide bonds. The average Bonchev–Trinajstić information content (AvgIpc) is 2.37. The highest BCUT2D eigenvalue weighted by Crippen LogP contribution is 2.30. The first-order valence-electron chi connectivity index (χ1n) is 6.90. The van der Waals surface area contributed by atoms with Crippen LogP contribution in [0.4, 0.5) is 5.69 Å². The molecule has 116 valence electrons. The van der Waals surface area contributed by atoms with Crippen molar-refractivity contribution in [2.75, 3.05) is 13.1 Å². The lowest BCUT2D eigenvalue weighted by molar-refractivity contribution is -0.386. The minimum atomic E-state index is -3.76. The fraction of sp³-hybridized carbons (Fsp3) is 0.538. The van der Waals surface area contributed by atoms with Crippen molar-refractivity contribution in [2.24, 2.45) is 0 Å². The Balaban J connectivity index is 2.34. The first kappa shape index (κ1) is 15.7. The van der Waals surface area contributed by atoms with Crippen molar-refractivity contribution in [1.29, 1.82) is 0 Å². The van der Waals surface area contributed by atoms with Gasteiger partial charge in [0.2, 0.25) is 10.0 Å². The van der Waals surface area contributed by atoms with Gasteiger partial charge in [-0.15, -0.1) is 0 Å². The molecule has 0 bridgehead atoms. The van der Waals surface area contributed by atoms with E-state index in [0.717, 1.165) is 44.2 Å². The molecule has 1 saturated heterocycles. The number of nitrogens with zero attached hydrogens (tertiary/aromatic N) is 2. The summed E-state index contributed by atoms with van der Waals surface area (Å²) in [7, 11) is -3.76. The monoisotopic (exact) mass is 314 g/mol. The molecule has 8 heteroatoms. The molecule has 0 spiro atoms. The van der Waals surface area contributed by atoms with E-state index in [4.69, 9.17) is 0 Å². The van der Waals surface area contributed by atoms with Crippen molar-refractivity contribution in [1.82, 2.24) is 4.31 Å². The number of benzene rings is 1. The maximum absolute atomic E-state index is 12.6. The van der Waals surface area contributed by atoms with Crippen molar-refractivity contribution in [3.63, 3.8) is 0 Å². The van der Waals surface area contributed by atoms with E-state index in [0.29, 0.717) is 13.1 Å². The minimum absolute atomic E-state index is 0.146. The van der Waals surface area contributed by atoms with Crippen LogP contribution in [-0.2, 0) is 10.0 Å². The third-order valence-electron chi connectivity index (χ3n) is 3.60. The van der Waals surface area contributed by atoms with Gasteiger partial charge < -0.3 is 5.11 Å². The zero-order valence-corrected chi connectivity index (χ0v) is 12.4. The normalized spacial score (nSPS) is 17.9. The lowest BCUT2D eigenvalue weighted by Crippen LogP contribution is -2.33. The van der Waals surface area contributed by atoms with Crippen LogP contribution < -0.4 is 0 Å². The number of sulfonamides is 1. The van der Waals surface area contributed by atoms with Crippen LogP contribution >= 0.6 is 0 Å². The zero-order valence-electron chi connectivity index (χ0n) is 11.6. The van der Waals surface area contributed by atoms with Crippen molar-refractivity contribution in [3.05, 3.63) is 28.3 Å². The molecule has 0 unspecified atom stereocenters. The lowest BCUT2D eigenvalue weighted by Gasteiger charge is -2.24. The highest BCUT2D eigenvalue weighted by atomic mass is 32.2. The number of phenolic OH excluding ortho intramolecular Hbond substituents is 1. The average molecular weight is 314 g/mol. The zero-order chi connectivity index (χ0) is 15.5. The van der Waals surface area contributed by atoms with E-state index in [1.165, 1.54) is 10.4 Å². The summed E-state index contributed by atoms with van der Waals surface area (Å²) in [6.07, 6.45) is 4.67. The first-order valence-corrected chi connectivity index (χ1v) is 8.34. The summed E-state index contributed by atoms with van der Waals surface area (Å²) in [6, 6.07) is 3.18. The van der Waals surface area contributed by atoms with Crippen molar-refractivity contribution in [2.45, 2.75) is 37.0 Å². The van der Waals surface area contributed by atoms with Gasteiger partial charge in [0, 0.05) is 19.2 Å². The Morgan fingerprint density at radius 2 is 1.67 bits per heavy atom. The maximum Gasteiger partial charge on any atom is 0.312 e. The largest absolute Gasteiger partial charge is 0.502 e. The number of nitro groups is 1. The molecule has 1 aliphatic heterocycles. The van der Waals surface area contributed by atoms with Crippen LogP contribution in [0.15, 0.2) is 23.1 Å². The van der Waals surface area contributed by atoms with Crippen LogP contribution in [-0.4, -0.2) is 35.8 Å². The summed E-state index contributed by atoms with van der Waals surface area (Å²) in [4.78, 5) is 9.88. The Morgan fingerprint density at radius 1 is 1.10 bits per heavy atom. The minimum Gasteiger partial charge on any atom is -0.502 e. The second-order valence-electron chi connectivity index (χ2n) is 5.08. The summed E-state index contributed by atoms with van der Waals surface area (Å²) in [5.41, 5.74) is -0.594. The number of rotatable bonds is 3. The van der Waals surface area contributed by atoms with Gasteiger partial charge in [0.25, 0.3) is 0 Å². The van der Waals surface area contributed by atoms with Crippen molar-refractivity contribution < 1.29 is 18.4 Å². The Labute approximate surface area is 123 Å². The molecule has 1 heterocycles. The molecule has 21 heavy (non-hydrogen) atoms. The van der Waals surface area contributed by atoms with Gasteiger partial charge in [0.15, 0.2) is 5.75 Å². The molecule has 1 N–H and O–H groups in total. The van der Waals surface area contributed by atoms with Gasteiger partial charge in [0.05, 0.1) is 9.82 Å². The predicted molar refractivity (Wildman–Crippen MR) is 76.6 cm³/mol. The molecule has 0 atom stereocenters. The number of phenols is 1. The number of aromatic hydroxyl groups is 1. The van der Waals surface area contributed by atoms with E-state index < -0.39 is 26.4 Å². The van der Waals surface area contributed by atoms with Crippen LogP contribution in [0.2, 0.25) is 0 Å². The van der Waals surface area contributed by atoms with Crippen LogP contribution in [0.25, 0.3) is 0 Å². The summed E-state index contributed by atoms with van der Waals surface area (Å²) < 4.78 is 26.5.